The van der Waals surface area contributed by atoms with E-state index in [9.17, 15) is 18.0 Å². The summed E-state index contributed by atoms with van der Waals surface area (Å²) < 4.78 is 31.9. The fourth-order valence-electron chi connectivity index (χ4n) is 2.32. The van der Waals surface area contributed by atoms with Gasteiger partial charge in [0.1, 0.15) is 0 Å². The predicted molar refractivity (Wildman–Crippen MR) is 102 cm³/mol. The number of sulfonamides is 1. The van der Waals surface area contributed by atoms with E-state index in [4.69, 9.17) is 4.74 Å². The Kier molecular flexibility index (Phi) is 6.57. The Morgan fingerprint density at radius 2 is 1.78 bits per heavy atom. The number of carbonyl (C=O) groups excluding carboxylic acids is 2. The maximum absolute atomic E-state index is 12.8. The van der Waals surface area contributed by atoms with Crippen molar-refractivity contribution < 1.29 is 22.7 Å². The topological polar surface area (TPSA) is 92.8 Å². The number of para-hydroxylation sites is 1. The number of hydrogen-bond acceptors (Lipinski definition) is 5. The third kappa shape index (κ3) is 4.85. The van der Waals surface area contributed by atoms with Crippen LogP contribution < -0.4 is 9.62 Å². The number of ether oxygens (including phenoxy) is 1. The van der Waals surface area contributed by atoms with Gasteiger partial charge in [0.25, 0.3) is 15.9 Å². The SMILES string of the molecule is CCNC(=O)[C@@H](C)OC(=O)c1cccc(S(=O)(=O)N(C)c2ccccc2)c1. The summed E-state index contributed by atoms with van der Waals surface area (Å²) in [6, 6.07) is 14.1. The number of carbonyl (C=O) groups is 2. The van der Waals surface area contributed by atoms with E-state index in [0.717, 1.165) is 4.31 Å². The molecule has 0 fully saturated rings. The highest BCUT2D eigenvalue weighted by molar-refractivity contribution is 7.92. The fourth-order valence-corrected chi connectivity index (χ4v) is 3.56. The van der Waals surface area contributed by atoms with Crippen LogP contribution in [-0.2, 0) is 19.6 Å². The highest BCUT2D eigenvalue weighted by Crippen LogP contribution is 2.22. The van der Waals surface area contributed by atoms with Gasteiger partial charge in [-0.25, -0.2) is 13.2 Å². The molecule has 2 aromatic rings. The highest BCUT2D eigenvalue weighted by atomic mass is 32.2. The molecule has 1 atom stereocenters. The molecule has 8 heteroatoms. The van der Waals surface area contributed by atoms with Gasteiger partial charge in [-0.1, -0.05) is 24.3 Å². The number of nitrogens with one attached hydrogen (secondary N) is 1. The van der Waals surface area contributed by atoms with Crippen molar-refractivity contribution in [1.82, 2.24) is 5.32 Å². The van der Waals surface area contributed by atoms with Crippen molar-refractivity contribution in [3.05, 3.63) is 60.2 Å². The molecule has 0 aliphatic heterocycles. The molecule has 0 saturated heterocycles. The molecule has 1 amide bonds. The monoisotopic (exact) mass is 390 g/mol. The van der Waals surface area contributed by atoms with Crippen molar-refractivity contribution in [2.45, 2.75) is 24.8 Å². The Morgan fingerprint density at radius 3 is 2.41 bits per heavy atom. The van der Waals surface area contributed by atoms with E-state index >= 15 is 0 Å². The van der Waals surface area contributed by atoms with E-state index in [1.54, 1.807) is 37.3 Å². The Balaban J connectivity index is 2.24. The predicted octanol–water partition coefficient (Wildman–Crippen LogP) is 2.19. The standard InChI is InChI=1S/C19H22N2O5S/c1-4-20-18(22)14(2)26-19(23)15-9-8-12-17(13-15)27(24,25)21(3)16-10-6-5-7-11-16/h5-14H,4H2,1-3H3,(H,20,22)/t14-/m1/s1. The van der Waals surface area contributed by atoms with Crippen LogP contribution in [0.5, 0.6) is 0 Å². The molecule has 0 heterocycles. The molecule has 144 valence electrons. The quantitative estimate of drug-likeness (QED) is 0.732. The van der Waals surface area contributed by atoms with Crippen molar-refractivity contribution in [2.75, 3.05) is 17.9 Å². The molecule has 0 radical (unpaired) electrons. The van der Waals surface area contributed by atoms with Gasteiger partial charge in [-0.3, -0.25) is 9.10 Å². The summed E-state index contributed by atoms with van der Waals surface area (Å²) in [5.74, 6) is -1.19. The largest absolute Gasteiger partial charge is 0.449 e. The van der Waals surface area contributed by atoms with E-state index in [1.807, 2.05) is 0 Å². The Morgan fingerprint density at radius 1 is 1.11 bits per heavy atom. The van der Waals surface area contributed by atoms with Gasteiger partial charge < -0.3 is 10.1 Å². The van der Waals surface area contributed by atoms with Crippen LogP contribution in [0.3, 0.4) is 0 Å². The third-order valence-electron chi connectivity index (χ3n) is 3.85. The summed E-state index contributed by atoms with van der Waals surface area (Å²) in [6.07, 6.45) is -0.982. The van der Waals surface area contributed by atoms with Crippen molar-refractivity contribution in [3.63, 3.8) is 0 Å². The molecule has 2 rings (SSSR count). The van der Waals surface area contributed by atoms with Crippen LogP contribution in [0.15, 0.2) is 59.5 Å². The third-order valence-corrected chi connectivity index (χ3v) is 5.63. The minimum absolute atomic E-state index is 0.0473. The lowest BCUT2D eigenvalue weighted by Crippen LogP contribution is -2.35. The molecule has 0 aliphatic carbocycles. The van der Waals surface area contributed by atoms with Gasteiger partial charge in [0.05, 0.1) is 16.1 Å². The molecule has 0 bridgehead atoms. The normalized spacial score (nSPS) is 12.1. The Bertz CT molecular complexity index is 913. The van der Waals surface area contributed by atoms with Gasteiger partial charge in [-0.15, -0.1) is 0 Å². The maximum Gasteiger partial charge on any atom is 0.338 e. The minimum atomic E-state index is -3.86. The fraction of sp³-hybridized carbons (Fsp3) is 0.263. The van der Waals surface area contributed by atoms with Gasteiger partial charge in [0.2, 0.25) is 0 Å². The number of hydrogen-bond donors (Lipinski definition) is 1. The molecule has 0 spiro atoms. The lowest BCUT2D eigenvalue weighted by Gasteiger charge is -2.20. The van der Waals surface area contributed by atoms with E-state index in [0.29, 0.717) is 12.2 Å². The molecular formula is C19H22N2O5S. The second-order valence-electron chi connectivity index (χ2n) is 5.78. The summed E-state index contributed by atoms with van der Waals surface area (Å²) in [5, 5.41) is 2.55. The van der Waals surface area contributed by atoms with Gasteiger partial charge >= 0.3 is 5.97 Å². The summed E-state index contributed by atoms with van der Waals surface area (Å²) in [4.78, 5) is 23.9. The minimum Gasteiger partial charge on any atom is -0.449 e. The first kappa shape index (κ1) is 20.4. The molecule has 0 aromatic heterocycles. The maximum atomic E-state index is 12.8. The van der Waals surface area contributed by atoms with Crippen molar-refractivity contribution >= 4 is 27.6 Å². The van der Waals surface area contributed by atoms with Crippen LogP contribution in [-0.4, -0.2) is 40.0 Å². The number of esters is 1. The second-order valence-corrected chi connectivity index (χ2v) is 7.75. The van der Waals surface area contributed by atoms with Crippen LogP contribution in [0.2, 0.25) is 0 Å². The van der Waals surface area contributed by atoms with E-state index in [1.165, 1.54) is 38.2 Å². The van der Waals surface area contributed by atoms with Crippen molar-refractivity contribution in [2.24, 2.45) is 0 Å². The summed E-state index contributed by atoms with van der Waals surface area (Å²) in [6.45, 7) is 3.62. The zero-order valence-electron chi connectivity index (χ0n) is 15.4. The smallest absolute Gasteiger partial charge is 0.338 e. The van der Waals surface area contributed by atoms with Crippen molar-refractivity contribution in [1.29, 1.82) is 0 Å². The number of nitrogens with zero attached hydrogens (tertiary/aromatic N) is 1. The first-order valence-corrected chi connectivity index (χ1v) is 9.84. The molecule has 7 nitrogen and oxygen atoms in total. The van der Waals surface area contributed by atoms with Gasteiger partial charge in [0, 0.05) is 13.6 Å². The molecule has 0 aliphatic rings. The first-order chi connectivity index (χ1) is 12.8. The van der Waals surface area contributed by atoms with Crippen LogP contribution in [0.4, 0.5) is 5.69 Å². The highest BCUT2D eigenvalue weighted by Gasteiger charge is 2.24. The van der Waals surface area contributed by atoms with E-state index < -0.39 is 28.0 Å². The second kappa shape index (κ2) is 8.68. The summed E-state index contributed by atoms with van der Waals surface area (Å²) in [5.41, 5.74) is 0.545. The number of benzene rings is 2. The summed E-state index contributed by atoms with van der Waals surface area (Å²) >= 11 is 0. The van der Waals surface area contributed by atoms with E-state index in [-0.39, 0.29) is 10.5 Å². The van der Waals surface area contributed by atoms with E-state index in [2.05, 4.69) is 5.32 Å². The Labute approximate surface area is 159 Å². The molecule has 27 heavy (non-hydrogen) atoms. The van der Waals surface area contributed by atoms with Crippen LogP contribution in [0.25, 0.3) is 0 Å². The first-order valence-electron chi connectivity index (χ1n) is 8.40. The van der Waals surface area contributed by atoms with Gasteiger partial charge in [0.15, 0.2) is 6.10 Å². The molecule has 1 N–H and O–H groups in total. The number of anilines is 1. The van der Waals surface area contributed by atoms with Gasteiger partial charge in [-0.05, 0) is 44.2 Å². The zero-order chi connectivity index (χ0) is 20.0. The average molecular weight is 390 g/mol. The lowest BCUT2D eigenvalue weighted by molar-refractivity contribution is -0.128. The molecule has 0 saturated carbocycles. The lowest BCUT2D eigenvalue weighted by atomic mass is 10.2. The summed E-state index contributed by atoms with van der Waals surface area (Å²) in [7, 11) is -2.42. The number of rotatable bonds is 7. The average Bonchev–Trinajstić information content (AvgIpc) is 2.68. The number of likely N-dealkylation sites (N-methyl/N-ethyl adjacent to an activating group) is 1. The molecule has 2 aromatic carbocycles. The molecular weight excluding hydrogens is 368 g/mol. The number of amides is 1. The van der Waals surface area contributed by atoms with Crippen molar-refractivity contribution in [3.8, 4) is 0 Å². The van der Waals surface area contributed by atoms with Crippen LogP contribution in [0.1, 0.15) is 24.2 Å². The Hall–Kier alpha value is -2.87. The van der Waals surface area contributed by atoms with Crippen LogP contribution >= 0.6 is 0 Å². The van der Waals surface area contributed by atoms with Gasteiger partial charge in [-0.2, -0.15) is 0 Å². The van der Waals surface area contributed by atoms with Crippen LogP contribution in [0, 0.1) is 0 Å². The molecule has 0 unspecified atom stereocenters. The zero-order valence-corrected chi connectivity index (χ0v) is 16.2.